The predicted molar refractivity (Wildman–Crippen MR) is 42.6 cm³/mol. The van der Waals surface area contributed by atoms with Crippen molar-refractivity contribution in [3.05, 3.63) is 0 Å². The second-order valence-electron chi connectivity index (χ2n) is 2.70. The summed E-state index contributed by atoms with van der Waals surface area (Å²) in [5, 5.41) is 27.6. The summed E-state index contributed by atoms with van der Waals surface area (Å²) in [6, 6.07) is 0. The second kappa shape index (κ2) is 4.50. The minimum absolute atomic E-state index is 0.0784. The van der Waals surface area contributed by atoms with Crippen LogP contribution in [0.5, 0.6) is 0 Å². The van der Waals surface area contributed by atoms with Gasteiger partial charge in [0, 0.05) is 0 Å². The first-order chi connectivity index (χ1) is 5.66. The summed E-state index contributed by atoms with van der Waals surface area (Å²) < 4.78 is 9.17. The van der Waals surface area contributed by atoms with Crippen LogP contribution in [-0.4, -0.2) is 52.9 Å². The van der Waals surface area contributed by atoms with Gasteiger partial charge in [-0.25, -0.2) is 0 Å². The van der Waals surface area contributed by atoms with Crippen LogP contribution in [0.15, 0.2) is 0 Å². The van der Waals surface area contributed by atoms with Gasteiger partial charge in [-0.2, -0.15) is 0 Å². The average Bonchev–Trinajstić information content (AvgIpc) is 2.84. The third-order valence-electron chi connectivity index (χ3n) is 1.72. The van der Waals surface area contributed by atoms with Gasteiger partial charge in [-0.05, 0) is 0 Å². The third kappa shape index (κ3) is 2.65. The lowest BCUT2D eigenvalue weighted by Crippen LogP contribution is -2.42. The lowest BCUT2D eigenvalue weighted by atomic mass is 10.1. The molecule has 4 atom stereocenters. The fraction of sp³-hybridized carbons (Fsp3) is 1.00. The van der Waals surface area contributed by atoms with Gasteiger partial charge in [-0.3, -0.25) is 0 Å². The molecule has 72 valence electrons. The fourth-order valence-electron chi connectivity index (χ4n) is 0.863. The molecule has 6 heteroatoms. The van der Waals surface area contributed by atoms with E-state index in [-0.39, 0.29) is 12.7 Å². The van der Waals surface area contributed by atoms with Crippen molar-refractivity contribution < 1.29 is 23.9 Å². The van der Waals surface area contributed by atoms with Crippen LogP contribution in [0.1, 0.15) is 0 Å². The van der Waals surface area contributed by atoms with Crippen LogP contribution in [0.4, 0.5) is 0 Å². The van der Waals surface area contributed by atoms with E-state index in [1.165, 1.54) is 0 Å². The largest absolute Gasteiger partial charge is 0.388 e. The minimum Gasteiger partial charge on any atom is -0.388 e. The van der Waals surface area contributed by atoms with Crippen molar-refractivity contribution >= 4 is 16.3 Å². The highest BCUT2D eigenvalue weighted by atomic mass is 79.9. The van der Waals surface area contributed by atoms with Crippen molar-refractivity contribution in [2.24, 2.45) is 0 Å². The second-order valence-corrected chi connectivity index (χ2v) is 3.15. The van der Waals surface area contributed by atoms with Crippen LogP contribution in [0.2, 0.25) is 0 Å². The highest BCUT2D eigenvalue weighted by molar-refractivity contribution is 9.06. The number of halogens is 1. The molecule has 0 unspecified atom stereocenters. The number of aliphatic hydroxyl groups excluding tert-OH is 3. The highest BCUT2D eigenvalue weighted by Gasteiger charge is 2.38. The van der Waals surface area contributed by atoms with Crippen molar-refractivity contribution in [1.29, 1.82) is 0 Å². The molecule has 1 aliphatic rings. The first kappa shape index (κ1) is 10.4. The highest BCUT2D eigenvalue weighted by Crippen LogP contribution is 2.18. The van der Waals surface area contributed by atoms with Gasteiger partial charge in [0.1, 0.15) is 24.4 Å². The van der Waals surface area contributed by atoms with Crippen molar-refractivity contribution in [2.45, 2.75) is 24.4 Å². The molecule has 0 amide bonds. The van der Waals surface area contributed by atoms with Crippen molar-refractivity contribution in [2.75, 3.05) is 13.2 Å². The van der Waals surface area contributed by atoms with E-state index in [2.05, 4.69) is 20.1 Å². The van der Waals surface area contributed by atoms with E-state index in [0.717, 1.165) is 0 Å². The van der Waals surface area contributed by atoms with E-state index in [4.69, 9.17) is 9.84 Å². The molecular formula is C6H11BrO5. The summed E-state index contributed by atoms with van der Waals surface area (Å²) >= 11 is 2.64. The van der Waals surface area contributed by atoms with E-state index in [0.29, 0.717) is 6.61 Å². The molecule has 0 aromatic rings. The summed E-state index contributed by atoms with van der Waals surface area (Å²) in [6.07, 6.45) is -3.72. The van der Waals surface area contributed by atoms with Crippen molar-refractivity contribution in [1.82, 2.24) is 0 Å². The maximum Gasteiger partial charge on any atom is 0.111 e. The Morgan fingerprint density at radius 1 is 1.50 bits per heavy atom. The topological polar surface area (TPSA) is 82.5 Å². The Morgan fingerprint density at radius 2 is 2.08 bits per heavy atom. The molecule has 0 spiro atoms. The van der Waals surface area contributed by atoms with Gasteiger partial charge in [-0.15, -0.1) is 0 Å². The third-order valence-corrected chi connectivity index (χ3v) is 1.98. The van der Waals surface area contributed by atoms with E-state index in [1.54, 1.807) is 0 Å². The Morgan fingerprint density at radius 3 is 2.50 bits per heavy atom. The van der Waals surface area contributed by atoms with E-state index in [9.17, 15) is 10.2 Å². The molecule has 3 N–H and O–H groups in total. The zero-order valence-corrected chi connectivity index (χ0v) is 7.85. The van der Waals surface area contributed by atoms with Gasteiger partial charge in [-0.1, -0.05) is 0 Å². The molecule has 1 aliphatic heterocycles. The Bertz CT molecular complexity index is 140. The van der Waals surface area contributed by atoms with Crippen molar-refractivity contribution in [3.8, 4) is 0 Å². The van der Waals surface area contributed by atoms with Crippen LogP contribution < -0.4 is 0 Å². The Balaban J connectivity index is 2.28. The minimum atomic E-state index is -1.23. The quantitative estimate of drug-likeness (QED) is 0.528. The van der Waals surface area contributed by atoms with Crippen LogP contribution in [-0.2, 0) is 8.57 Å². The lowest BCUT2D eigenvalue weighted by Gasteiger charge is -2.20. The summed E-state index contributed by atoms with van der Waals surface area (Å²) in [6.45, 7) is 0.352. The molecule has 0 bridgehead atoms. The molecule has 0 aromatic heterocycles. The fourth-order valence-corrected chi connectivity index (χ4v) is 1.13. The zero-order chi connectivity index (χ0) is 9.14. The Kier molecular flexibility index (Phi) is 3.88. The first-order valence-electron chi connectivity index (χ1n) is 3.56. The van der Waals surface area contributed by atoms with Gasteiger partial charge in [0.15, 0.2) is 0 Å². The monoisotopic (exact) mass is 242 g/mol. The SMILES string of the molecule is O[C@@H]([C@H](O)[C@H]1CO1)[C@H](O)COBr. The number of aliphatic hydroxyl groups is 3. The molecule has 0 aromatic carbocycles. The van der Waals surface area contributed by atoms with Crippen LogP contribution in [0.3, 0.4) is 0 Å². The van der Waals surface area contributed by atoms with E-state index >= 15 is 0 Å². The Labute approximate surface area is 78.4 Å². The molecular weight excluding hydrogens is 232 g/mol. The summed E-state index contributed by atoms with van der Waals surface area (Å²) in [4.78, 5) is 0. The molecule has 1 rings (SSSR count). The summed E-state index contributed by atoms with van der Waals surface area (Å²) in [7, 11) is 0. The van der Waals surface area contributed by atoms with Gasteiger partial charge >= 0.3 is 0 Å². The molecule has 5 nitrogen and oxygen atoms in total. The van der Waals surface area contributed by atoms with Gasteiger partial charge in [0.05, 0.1) is 29.5 Å². The molecule has 1 saturated heterocycles. The number of rotatable bonds is 5. The first-order valence-corrected chi connectivity index (χ1v) is 4.21. The molecule has 0 aliphatic carbocycles. The van der Waals surface area contributed by atoms with Crippen molar-refractivity contribution in [3.63, 3.8) is 0 Å². The number of hydrogen-bond acceptors (Lipinski definition) is 5. The van der Waals surface area contributed by atoms with Crippen LogP contribution >= 0.6 is 16.3 Å². The maximum atomic E-state index is 9.25. The van der Waals surface area contributed by atoms with Gasteiger partial charge in [0.25, 0.3) is 0 Å². The smallest absolute Gasteiger partial charge is 0.111 e. The predicted octanol–water partition coefficient (Wildman–Crippen LogP) is -1.21. The number of hydrogen-bond donors (Lipinski definition) is 3. The van der Waals surface area contributed by atoms with Gasteiger partial charge < -0.3 is 23.9 Å². The number of epoxide rings is 1. The number of ether oxygens (including phenoxy) is 1. The molecule has 1 heterocycles. The van der Waals surface area contributed by atoms with Crippen LogP contribution in [0, 0.1) is 0 Å². The molecule has 12 heavy (non-hydrogen) atoms. The normalized spacial score (nSPS) is 29.5. The zero-order valence-electron chi connectivity index (χ0n) is 6.26. The maximum absolute atomic E-state index is 9.25. The molecule has 1 fully saturated rings. The summed E-state index contributed by atoms with van der Waals surface area (Å²) in [5.41, 5.74) is 0. The Hall–Kier alpha value is 0.280. The van der Waals surface area contributed by atoms with Gasteiger partial charge in [0.2, 0.25) is 0 Å². The standard InChI is InChI=1S/C6H11BrO5/c7-12-1-3(8)5(9)6(10)4-2-11-4/h3-6,8-10H,1-2H2/t3-,4-,5-,6-/m1/s1. The average molecular weight is 243 g/mol. The van der Waals surface area contributed by atoms with E-state index < -0.39 is 18.3 Å². The molecule has 0 radical (unpaired) electrons. The summed E-state index contributed by atoms with van der Waals surface area (Å²) in [5.74, 6) is 0. The lowest BCUT2D eigenvalue weighted by molar-refractivity contribution is -0.0772. The van der Waals surface area contributed by atoms with E-state index in [1.807, 2.05) is 0 Å². The molecule has 0 saturated carbocycles. The van der Waals surface area contributed by atoms with Crippen LogP contribution in [0.25, 0.3) is 0 Å².